The maximum Gasteiger partial charge on any atom is 0.255 e. The molecule has 1 heterocycles. The minimum absolute atomic E-state index is 0.178. The van der Waals surface area contributed by atoms with Crippen LogP contribution in [0.15, 0.2) is 77.7 Å². The van der Waals surface area contributed by atoms with Crippen molar-refractivity contribution in [2.75, 3.05) is 29.0 Å². The highest BCUT2D eigenvalue weighted by molar-refractivity contribution is 7.92. The molecule has 3 aromatic rings. The summed E-state index contributed by atoms with van der Waals surface area (Å²) >= 11 is 0. The van der Waals surface area contributed by atoms with Gasteiger partial charge in [0.25, 0.3) is 5.91 Å². The molecule has 0 atom stereocenters. The van der Waals surface area contributed by atoms with Gasteiger partial charge in [-0.05, 0) is 73.9 Å². The van der Waals surface area contributed by atoms with Crippen molar-refractivity contribution in [3.05, 3.63) is 89.5 Å². The third-order valence-electron chi connectivity index (χ3n) is 6.58. The minimum Gasteiger partial charge on any atom is -0.322 e. The van der Waals surface area contributed by atoms with Gasteiger partial charge in [-0.1, -0.05) is 42.7 Å². The highest BCUT2D eigenvalue weighted by Gasteiger charge is 2.25. The summed E-state index contributed by atoms with van der Waals surface area (Å²) in [6.45, 7) is 3.20. The van der Waals surface area contributed by atoms with E-state index < -0.39 is 20.0 Å². The molecule has 1 N–H and O–H groups in total. The summed E-state index contributed by atoms with van der Waals surface area (Å²) in [5.41, 5.74) is 3.20. The first-order valence-corrected chi connectivity index (χ1v) is 15.9. The predicted octanol–water partition coefficient (Wildman–Crippen LogP) is 4.78. The molecule has 1 fully saturated rings. The lowest BCUT2D eigenvalue weighted by Gasteiger charge is -2.23. The van der Waals surface area contributed by atoms with Crippen molar-refractivity contribution in [2.24, 2.45) is 0 Å². The maximum absolute atomic E-state index is 13.0. The van der Waals surface area contributed by atoms with Crippen LogP contribution in [0, 0.1) is 6.92 Å². The molecule has 4 rings (SSSR count). The fourth-order valence-corrected chi connectivity index (χ4v) is 6.79. The number of anilines is 2. The van der Waals surface area contributed by atoms with E-state index in [9.17, 15) is 21.6 Å². The van der Waals surface area contributed by atoms with Crippen LogP contribution in [0.25, 0.3) is 0 Å². The summed E-state index contributed by atoms with van der Waals surface area (Å²) in [6, 6.07) is 20.1. The average Bonchev–Trinajstić information content (AvgIpc) is 3.19. The molecule has 1 aliphatic rings. The highest BCUT2D eigenvalue weighted by atomic mass is 32.2. The zero-order valence-corrected chi connectivity index (χ0v) is 23.3. The molecular formula is C28H33N3O5S2. The largest absolute Gasteiger partial charge is 0.322 e. The fourth-order valence-electron chi connectivity index (χ4n) is 4.38. The predicted molar refractivity (Wildman–Crippen MR) is 150 cm³/mol. The van der Waals surface area contributed by atoms with Crippen molar-refractivity contribution >= 4 is 37.3 Å². The Labute approximate surface area is 225 Å². The molecular weight excluding hydrogens is 522 g/mol. The van der Waals surface area contributed by atoms with Gasteiger partial charge < -0.3 is 5.32 Å². The van der Waals surface area contributed by atoms with Crippen LogP contribution in [0.3, 0.4) is 0 Å². The molecule has 202 valence electrons. The van der Waals surface area contributed by atoms with Crippen LogP contribution in [0.1, 0.15) is 47.2 Å². The SMILES string of the molecule is Cc1ccc(CN(c2ccc(C(=O)Nc3ccc(S(=O)(=O)N4CCCCCC4)cc3)cc2)S(C)(=O)=O)cc1. The van der Waals surface area contributed by atoms with Crippen molar-refractivity contribution < 1.29 is 21.6 Å². The van der Waals surface area contributed by atoms with E-state index in [1.54, 1.807) is 36.4 Å². The van der Waals surface area contributed by atoms with Crippen molar-refractivity contribution in [1.82, 2.24) is 4.31 Å². The van der Waals surface area contributed by atoms with E-state index in [1.165, 1.54) is 20.7 Å². The molecule has 8 nitrogen and oxygen atoms in total. The third kappa shape index (κ3) is 6.80. The molecule has 1 aliphatic heterocycles. The van der Waals surface area contributed by atoms with Gasteiger partial charge in [-0.15, -0.1) is 0 Å². The number of amides is 1. The number of hydrogen-bond donors (Lipinski definition) is 1. The second-order valence-corrected chi connectivity index (χ2v) is 13.4. The minimum atomic E-state index is -3.57. The molecule has 1 saturated heterocycles. The first-order valence-electron chi connectivity index (χ1n) is 12.6. The van der Waals surface area contributed by atoms with Crippen LogP contribution in [0.5, 0.6) is 0 Å². The van der Waals surface area contributed by atoms with E-state index in [0.717, 1.165) is 43.1 Å². The van der Waals surface area contributed by atoms with Gasteiger partial charge in [0.1, 0.15) is 0 Å². The molecule has 0 spiro atoms. The van der Waals surface area contributed by atoms with E-state index in [0.29, 0.717) is 30.0 Å². The number of hydrogen-bond acceptors (Lipinski definition) is 5. The van der Waals surface area contributed by atoms with E-state index in [1.807, 2.05) is 31.2 Å². The van der Waals surface area contributed by atoms with Gasteiger partial charge in [-0.25, -0.2) is 16.8 Å². The van der Waals surface area contributed by atoms with Gasteiger partial charge in [-0.3, -0.25) is 9.10 Å². The van der Waals surface area contributed by atoms with Crippen molar-refractivity contribution in [3.63, 3.8) is 0 Å². The first-order chi connectivity index (χ1) is 18.0. The molecule has 0 radical (unpaired) electrons. The molecule has 0 aliphatic carbocycles. The Hall–Kier alpha value is -3.21. The summed E-state index contributed by atoms with van der Waals surface area (Å²) in [7, 11) is -7.12. The summed E-state index contributed by atoms with van der Waals surface area (Å²) in [4.78, 5) is 13.0. The van der Waals surface area contributed by atoms with Crippen LogP contribution in [0.4, 0.5) is 11.4 Å². The molecule has 38 heavy (non-hydrogen) atoms. The fraction of sp³-hybridized carbons (Fsp3) is 0.321. The first kappa shape index (κ1) is 27.8. The summed E-state index contributed by atoms with van der Waals surface area (Å²) in [5.74, 6) is -0.385. The Morgan fingerprint density at radius 1 is 0.816 bits per heavy atom. The number of sulfonamides is 2. The molecule has 0 saturated carbocycles. The Morgan fingerprint density at radius 2 is 1.39 bits per heavy atom. The Kier molecular flexibility index (Phi) is 8.54. The molecule has 3 aromatic carbocycles. The molecule has 1 amide bonds. The van der Waals surface area contributed by atoms with Crippen LogP contribution in [-0.2, 0) is 26.6 Å². The average molecular weight is 556 g/mol. The van der Waals surface area contributed by atoms with Crippen LogP contribution < -0.4 is 9.62 Å². The summed E-state index contributed by atoms with van der Waals surface area (Å²) in [6.07, 6.45) is 4.95. The topological polar surface area (TPSA) is 104 Å². The number of nitrogens with one attached hydrogen (secondary N) is 1. The lowest BCUT2D eigenvalue weighted by molar-refractivity contribution is 0.102. The van der Waals surface area contributed by atoms with Crippen molar-refractivity contribution in [2.45, 2.75) is 44.0 Å². The monoisotopic (exact) mass is 555 g/mol. The number of rotatable bonds is 8. The van der Waals surface area contributed by atoms with Gasteiger partial charge in [0.15, 0.2) is 0 Å². The molecule has 0 bridgehead atoms. The number of carbonyl (C=O) groups is 1. The molecule has 0 aromatic heterocycles. The summed E-state index contributed by atoms with van der Waals surface area (Å²) in [5, 5.41) is 2.77. The van der Waals surface area contributed by atoms with E-state index in [2.05, 4.69) is 5.32 Å². The zero-order chi connectivity index (χ0) is 27.3. The lowest BCUT2D eigenvalue weighted by Crippen LogP contribution is -2.31. The summed E-state index contributed by atoms with van der Waals surface area (Å²) < 4.78 is 53.7. The molecule has 10 heteroatoms. The van der Waals surface area contributed by atoms with E-state index in [-0.39, 0.29) is 17.3 Å². The van der Waals surface area contributed by atoms with Gasteiger partial charge in [0.2, 0.25) is 20.0 Å². The highest BCUT2D eigenvalue weighted by Crippen LogP contribution is 2.24. The normalized spacial score (nSPS) is 15.0. The quantitative estimate of drug-likeness (QED) is 0.431. The second kappa shape index (κ2) is 11.7. The Morgan fingerprint density at radius 3 is 1.95 bits per heavy atom. The Balaban J connectivity index is 1.44. The number of aryl methyl sites for hydroxylation is 1. The van der Waals surface area contributed by atoms with Gasteiger partial charge in [0, 0.05) is 24.3 Å². The number of nitrogens with zero attached hydrogens (tertiary/aromatic N) is 2. The smallest absolute Gasteiger partial charge is 0.255 e. The maximum atomic E-state index is 13.0. The van der Waals surface area contributed by atoms with E-state index >= 15 is 0 Å². The zero-order valence-electron chi connectivity index (χ0n) is 21.6. The number of benzene rings is 3. The van der Waals surface area contributed by atoms with Crippen LogP contribution >= 0.6 is 0 Å². The van der Waals surface area contributed by atoms with Gasteiger partial charge in [-0.2, -0.15) is 4.31 Å². The van der Waals surface area contributed by atoms with Crippen LogP contribution in [-0.4, -0.2) is 46.4 Å². The van der Waals surface area contributed by atoms with Gasteiger partial charge in [0.05, 0.1) is 23.4 Å². The van der Waals surface area contributed by atoms with Crippen molar-refractivity contribution in [3.8, 4) is 0 Å². The van der Waals surface area contributed by atoms with Crippen LogP contribution in [0.2, 0.25) is 0 Å². The Bertz CT molecular complexity index is 1460. The lowest BCUT2D eigenvalue weighted by atomic mass is 10.1. The van der Waals surface area contributed by atoms with E-state index in [4.69, 9.17) is 0 Å². The second-order valence-electron chi connectivity index (χ2n) is 9.60. The van der Waals surface area contributed by atoms with Crippen molar-refractivity contribution in [1.29, 1.82) is 0 Å². The standard InChI is InChI=1S/C28H33N3O5S2/c1-22-7-9-23(10-8-22)21-31(37(2,33)34)26-15-11-24(12-16-26)28(32)29-25-13-17-27(18-14-25)38(35,36)30-19-5-3-4-6-20-30/h7-18H,3-6,19-21H2,1-2H3,(H,29,32). The number of carbonyl (C=O) groups excluding carboxylic acids is 1. The van der Waals surface area contributed by atoms with Gasteiger partial charge >= 0.3 is 0 Å². The molecule has 0 unspecified atom stereocenters. The third-order valence-corrected chi connectivity index (χ3v) is 9.63.